The van der Waals surface area contributed by atoms with Gasteiger partial charge in [0, 0.05) is 18.9 Å². The van der Waals surface area contributed by atoms with Crippen LogP contribution in [0.25, 0.3) is 0 Å². The summed E-state index contributed by atoms with van der Waals surface area (Å²) in [6.45, 7) is 6.20. The number of anilines is 1. The Bertz CT molecular complexity index is 703. The second-order valence-electron chi connectivity index (χ2n) is 7.47. The second-order valence-corrected chi connectivity index (χ2v) is 7.47. The van der Waals surface area contributed by atoms with E-state index in [0.717, 1.165) is 48.4 Å². The van der Waals surface area contributed by atoms with Crippen molar-refractivity contribution in [1.82, 2.24) is 5.32 Å². The third kappa shape index (κ3) is 4.09. The lowest BCUT2D eigenvalue weighted by Crippen LogP contribution is -2.44. The normalized spacial score (nSPS) is 24.0. The fourth-order valence-electron chi connectivity index (χ4n) is 3.53. The second kappa shape index (κ2) is 7.38. The molecule has 1 aliphatic heterocycles. The molecule has 5 heteroatoms. The summed E-state index contributed by atoms with van der Waals surface area (Å²) in [4.78, 5) is 24.9. The van der Waals surface area contributed by atoms with Crippen molar-refractivity contribution in [2.45, 2.75) is 65.3 Å². The molecule has 25 heavy (non-hydrogen) atoms. The predicted octanol–water partition coefficient (Wildman–Crippen LogP) is 3.48. The van der Waals surface area contributed by atoms with Gasteiger partial charge in [0.05, 0.1) is 5.69 Å². The third-order valence-corrected chi connectivity index (χ3v) is 5.24. The van der Waals surface area contributed by atoms with Gasteiger partial charge in [0.25, 0.3) is 5.91 Å². The van der Waals surface area contributed by atoms with Gasteiger partial charge in [-0.05, 0) is 62.6 Å². The monoisotopic (exact) mass is 341 g/mol. The molecule has 0 unspecified atom stereocenters. The molecule has 3 rings (SSSR count). The topological polar surface area (TPSA) is 61.8 Å². The third-order valence-electron chi connectivity index (χ3n) is 5.24. The molecule has 2 aliphatic rings. The molecule has 2 amide bonds. The number of carbonyl (C=O) groups is 2. The van der Waals surface area contributed by atoms with Crippen LogP contribution >= 0.6 is 0 Å². The highest BCUT2D eigenvalue weighted by atomic mass is 16.2. The number of amides is 2. The number of nitrogens with zero attached hydrogens (tertiary/aromatic N) is 2. The minimum Gasteiger partial charge on any atom is -0.348 e. The molecule has 1 saturated carbocycles. The molecular formula is C20H27N3O2. The molecule has 1 N–H and O–H groups in total. The summed E-state index contributed by atoms with van der Waals surface area (Å²) in [7, 11) is 0. The van der Waals surface area contributed by atoms with Gasteiger partial charge in [-0.2, -0.15) is 5.10 Å². The number of hydrogen-bond acceptors (Lipinski definition) is 3. The number of rotatable bonds is 3. The van der Waals surface area contributed by atoms with Gasteiger partial charge in [0.1, 0.15) is 5.71 Å². The quantitative estimate of drug-likeness (QED) is 0.915. The number of carbonyl (C=O) groups excluding carboxylic acids is 2. The fourth-order valence-corrected chi connectivity index (χ4v) is 3.53. The summed E-state index contributed by atoms with van der Waals surface area (Å²) in [5.41, 5.74) is 3.27. The van der Waals surface area contributed by atoms with Gasteiger partial charge in [-0.3, -0.25) is 9.59 Å². The first-order valence-corrected chi connectivity index (χ1v) is 9.22. The van der Waals surface area contributed by atoms with E-state index < -0.39 is 0 Å². The lowest BCUT2D eigenvalue weighted by atomic mass is 9.87. The molecule has 5 nitrogen and oxygen atoms in total. The smallest absolute Gasteiger partial charge is 0.267 e. The summed E-state index contributed by atoms with van der Waals surface area (Å²) in [6, 6.07) is 6.16. The van der Waals surface area contributed by atoms with E-state index >= 15 is 0 Å². The first-order valence-electron chi connectivity index (χ1n) is 9.22. The average Bonchev–Trinajstić information content (AvgIpc) is 2.59. The van der Waals surface area contributed by atoms with Crippen molar-refractivity contribution in [2.75, 3.05) is 5.01 Å². The lowest BCUT2D eigenvalue weighted by Gasteiger charge is -2.28. The number of hydrogen-bond donors (Lipinski definition) is 1. The molecule has 0 radical (unpaired) electrons. The van der Waals surface area contributed by atoms with Crippen molar-refractivity contribution in [1.29, 1.82) is 0 Å². The van der Waals surface area contributed by atoms with E-state index in [1.165, 1.54) is 5.01 Å². The van der Waals surface area contributed by atoms with E-state index in [4.69, 9.17) is 0 Å². The zero-order valence-electron chi connectivity index (χ0n) is 15.3. The Morgan fingerprint density at radius 3 is 2.60 bits per heavy atom. The first-order chi connectivity index (χ1) is 11.9. The Hall–Kier alpha value is -2.17. The number of benzene rings is 1. The van der Waals surface area contributed by atoms with Crippen molar-refractivity contribution >= 4 is 23.2 Å². The summed E-state index contributed by atoms with van der Waals surface area (Å²) >= 11 is 0. The maximum absolute atomic E-state index is 12.6. The van der Waals surface area contributed by atoms with Gasteiger partial charge in [-0.25, -0.2) is 5.01 Å². The molecule has 0 saturated heterocycles. The molecule has 0 atom stereocenters. The highest BCUT2D eigenvalue weighted by molar-refractivity contribution is 6.40. The molecule has 0 spiro atoms. The molecule has 1 aliphatic carbocycles. The van der Waals surface area contributed by atoms with E-state index in [1.807, 2.05) is 32.0 Å². The van der Waals surface area contributed by atoms with Gasteiger partial charge in [0.2, 0.25) is 5.91 Å². The van der Waals surface area contributed by atoms with Crippen LogP contribution in [0.4, 0.5) is 5.69 Å². The van der Waals surface area contributed by atoms with Crippen LogP contribution in [0.3, 0.4) is 0 Å². The summed E-state index contributed by atoms with van der Waals surface area (Å²) in [5, 5.41) is 8.92. The fraction of sp³-hybridized carbons (Fsp3) is 0.550. The Labute approximate surface area is 149 Å². The Morgan fingerprint density at radius 2 is 1.88 bits per heavy atom. The van der Waals surface area contributed by atoms with E-state index in [9.17, 15) is 9.59 Å². The first kappa shape index (κ1) is 17.6. The number of aryl methyl sites for hydroxylation is 2. The van der Waals surface area contributed by atoms with Crippen LogP contribution in [0, 0.1) is 19.8 Å². The summed E-state index contributed by atoms with van der Waals surface area (Å²) < 4.78 is 0. The SMILES string of the molecule is Cc1ccc(C)c(N2N=C(C(=O)NC3CCC(C)CC3)CCC2=O)c1. The van der Waals surface area contributed by atoms with E-state index in [-0.39, 0.29) is 17.9 Å². The predicted molar refractivity (Wildman–Crippen MR) is 99.6 cm³/mol. The van der Waals surface area contributed by atoms with Gasteiger partial charge in [-0.15, -0.1) is 0 Å². The van der Waals surface area contributed by atoms with Crippen molar-refractivity contribution in [2.24, 2.45) is 11.0 Å². The molecule has 0 bridgehead atoms. The van der Waals surface area contributed by atoms with Crippen LogP contribution < -0.4 is 10.3 Å². The van der Waals surface area contributed by atoms with Crippen LogP contribution in [-0.2, 0) is 9.59 Å². The van der Waals surface area contributed by atoms with Gasteiger partial charge < -0.3 is 5.32 Å². The standard InChI is InChI=1S/C20H27N3O2/c1-13-5-8-16(9-6-13)21-20(25)17-10-11-19(24)23(22-17)18-12-14(2)4-7-15(18)3/h4,7,12-13,16H,5-6,8-11H2,1-3H3,(H,21,25). The molecular weight excluding hydrogens is 314 g/mol. The summed E-state index contributed by atoms with van der Waals surface area (Å²) in [5.74, 6) is 0.566. The molecule has 1 aromatic carbocycles. The van der Waals surface area contributed by atoms with Crippen LogP contribution in [0.1, 0.15) is 56.6 Å². The highest BCUT2D eigenvalue weighted by Gasteiger charge is 2.28. The lowest BCUT2D eigenvalue weighted by molar-refractivity contribution is -0.119. The van der Waals surface area contributed by atoms with Crippen LogP contribution in [-0.4, -0.2) is 23.6 Å². The Balaban J connectivity index is 1.76. The van der Waals surface area contributed by atoms with Gasteiger partial charge in [0.15, 0.2) is 0 Å². The molecule has 1 heterocycles. The Morgan fingerprint density at radius 1 is 1.16 bits per heavy atom. The zero-order chi connectivity index (χ0) is 18.0. The maximum atomic E-state index is 12.6. The molecule has 0 aromatic heterocycles. The zero-order valence-corrected chi connectivity index (χ0v) is 15.3. The van der Waals surface area contributed by atoms with E-state index in [1.54, 1.807) is 0 Å². The molecule has 134 valence electrons. The number of hydrazone groups is 1. The minimum absolute atomic E-state index is 0.0586. The van der Waals surface area contributed by atoms with E-state index in [2.05, 4.69) is 17.3 Å². The van der Waals surface area contributed by atoms with Crippen molar-refractivity contribution in [3.63, 3.8) is 0 Å². The van der Waals surface area contributed by atoms with Crippen LogP contribution in [0.5, 0.6) is 0 Å². The average molecular weight is 341 g/mol. The van der Waals surface area contributed by atoms with Gasteiger partial charge in [-0.1, -0.05) is 19.1 Å². The van der Waals surface area contributed by atoms with Crippen molar-refractivity contribution < 1.29 is 9.59 Å². The maximum Gasteiger partial charge on any atom is 0.267 e. The molecule has 1 fully saturated rings. The largest absolute Gasteiger partial charge is 0.348 e. The highest BCUT2D eigenvalue weighted by Crippen LogP contribution is 2.26. The van der Waals surface area contributed by atoms with Gasteiger partial charge >= 0.3 is 0 Å². The van der Waals surface area contributed by atoms with Crippen LogP contribution in [0.15, 0.2) is 23.3 Å². The van der Waals surface area contributed by atoms with Crippen LogP contribution in [0.2, 0.25) is 0 Å². The number of nitrogens with one attached hydrogen (secondary N) is 1. The van der Waals surface area contributed by atoms with E-state index in [0.29, 0.717) is 18.6 Å². The summed E-state index contributed by atoms with van der Waals surface area (Å²) in [6.07, 6.45) is 5.10. The Kier molecular flexibility index (Phi) is 5.21. The molecule has 1 aromatic rings. The minimum atomic E-state index is -0.123. The van der Waals surface area contributed by atoms with Crippen molar-refractivity contribution in [3.05, 3.63) is 29.3 Å². The van der Waals surface area contributed by atoms with Crippen molar-refractivity contribution in [3.8, 4) is 0 Å².